The van der Waals surface area contributed by atoms with Gasteiger partial charge in [0, 0.05) is 5.39 Å². The molecule has 0 fully saturated rings. The van der Waals surface area contributed by atoms with Gasteiger partial charge in [0.1, 0.15) is 11.3 Å². The molecule has 0 aliphatic carbocycles. The van der Waals surface area contributed by atoms with Crippen LogP contribution in [-0.2, 0) is 0 Å². The molecule has 2 aromatic heterocycles. The zero-order valence-electron chi connectivity index (χ0n) is 8.89. The van der Waals surface area contributed by atoms with Crippen LogP contribution in [0.2, 0.25) is 0 Å². The van der Waals surface area contributed by atoms with Crippen molar-refractivity contribution in [1.82, 2.24) is 0 Å². The molecular formula is C13H10BrNOS. The van der Waals surface area contributed by atoms with E-state index in [4.69, 9.17) is 10.2 Å². The average Bonchev–Trinajstić information content (AvgIpc) is 2.93. The van der Waals surface area contributed by atoms with E-state index in [2.05, 4.69) is 15.9 Å². The summed E-state index contributed by atoms with van der Waals surface area (Å²) >= 11 is 5.07. The molecule has 17 heavy (non-hydrogen) atoms. The van der Waals surface area contributed by atoms with Gasteiger partial charge in [-0.05, 0) is 45.1 Å². The molecule has 1 atom stereocenters. The van der Waals surface area contributed by atoms with Gasteiger partial charge in [0.05, 0.1) is 9.83 Å². The number of furan rings is 1. The van der Waals surface area contributed by atoms with E-state index in [0.29, 0.717) is 0 Å². The van der Waals surface area contributed by atoms with E-state index in [1.54, 1.807) is 11.3 Å². The highest BCUT2D eigenvalue weighted by atomic mass is 79.9. The minimum absolute atomic E-state index is 0.204. The maximum Gasteiger partial charge on any atom is 0.134 e. The number of fused-ring (bicyclic) bond motifs is 1. The molecule has 1 unspecified atom stereocenters. The largest absolute Gasteiger partial charge is 0.459 e. The summed E-state index contributed by atoms with van der Waals surface area (Å²) < 4.78 is 6.84. The van der Waals surface area contributed by atoms with Crippen molar-refractivity contribution in [1.29, 1.82) is 0 Å². The fourth-order valence-electron chi connectivity index (χ4n) is 1.81. The van der Waals surface area contributed by atoms with Gasteiger partial charge >= 0.3 is 0 Å². The minimum Gasteiger partial charge on any atom is -0.459 e. The number of para-hydroxylation sites is 1. The number of halogens is 1. The Labute approximate surface area is 111 Å². The van der Waals surface area contributed by atoms with Crippen LogP contribution >= 0.6 is 27.3 Å². The Bertz CT molecular complexity index is 625. The first kappa shape index (κ1) is 11.0. The molecule has 0 saturated heterocycles. The maximum atomic E-state index is 6.19. The molecule has 86 valence electrons. The molecule has 1 aromatic carbocycles. The Kier molecular flexibility index (Phi) is 2.78. The summed E-state index contributed by atoms with van der Waals surface area (Å²) in [6.07, 6.45) is 0. The summed E-state index contributed by atoms with van der Waals surface area (Å²) in [6.45, 7) is 0. The van der Waals surface area contributed by atoms with Crippen LogP contribution in [0.15, 0.2) is 50.0 Å². The van der Waals surface area contributed by atoms with Crippen LogP contribution < -0.4 is 5.73 Å². The maximum absolute atomic E-state index is 6.19. The molecule has 0 spiro atoms. The van der Waals surface area contributed by atoms with Crippen molar-refractivity contribution in [2.45, 2.75) is 6.04 Å². The van der Waals surface area contributed by atoms with E-state index in [9.17, 15) is 0 Å². The lowest BCUT2D eigenvalue weighted by Gasteiger charge is -2.05. The van der Waals surface area contributed by atoms with Gasteiger partial charge in [-0.15, -0.1) is 11.3 Å². The van der Waals surface area contributed by atoms with E-state index in [1.165, 1.54) is 0 Å². The van der Waals surface area contributed by atoms with E-state index >= 15 is 0 Å². The number of rotatable bonds is 2. The predicted molar refractivity (Wildman–Crippen MR) is 74.3 cm³/mol. The monoisotopic (exact) mass is 307 g/mol. The molecule has 0 amide bonds. The smallest absolute Gasteiger partial charge is 0.134 e. The molecule has 2 N–H and O–H groups in total. The van der Waals surface area contributed by atoms with Gasteiger partial charge in [0.25, 0.3) is 0 Å². The second kappa shape index (κ2) is 4.29. The summed E-state index contributed by atoms with van der Waals surface area (Å²) in [6, 6.07) is 11.8. The SMILES string of the molecule is NC(c1csc(Br)c1)c1cc2ccccc2o1. The van der Waals surface area contributed by atoms with Gasteiger partial charge in [-0.3, -0.25) is 0 Å². The average molecular weight is 308 g/mol. The quantitative estimate of drug-likeness (QED) is 0.766. The number of hydrogen-bond donors (Lipinski definition) is 1. The summed E-state index contributed by atoms with van der Waals surface area (Å²) in [5, 5.41) is 3.13. The molecule has 3 rings (SSSR count). The third-order valence-corrected chi connectivity index (χ3v) is 4.22. The zero-order valence-corrected chi connectivity index (χ0v) is 11.3. The fraction of sp³-hybridized carbons (Fsp3) is 0.0769. The van der Waals surface area contributed by atoms with Gasteiger partial charge in [0.15, 0.2) is 0 Å². The normalized spacial score (nSPS) is 13.1. The number of benzene rings is 1. The third kappa shape index (κ3) is 2.04. The van der Waals surface area contributed by atoms with Crippen LogP contribution in [0.1, 0.15) is 17.4 Å². The van der Waals surface area contributed by atoms with Crippen molar-refractivity contribution >= 4 is 38.2 Å². The summed E-state index contributed by atoms with van der Waals surface area (Å²) in [7, 11) is 0. The highest BCUT2D eigenvalue weighted by Gasteiger charge is 2.15. The molecule has 3 aromatic rings. The lowest BCUT2D eigenvalue weighted by atomic mass is 10.1. The summed E-state index contributed by atoms with van der Waals surface area (Å²) in [5.41, 5.74) is 8.14. The number of hydrogen-bond acceptors (Lipinski definition) is 3. The van der Waals surface area contributed by atoms with Crippen molar-refractivity contribution in [3.63, 3.8) is 0 Å². The molecule has 0 radical (unpaired) electrons. The van der Waals surface area contributed by atoms with E-state index in [-0.39, 0.29) is 6.04 Å². The van der Waals surface area contributed by atoms with Gasteiger partial charge in [0.2, 0.25) is 0 Å². The van der Waals surface area contributed by atoms with Crippen LogP contribution in [0, 0.1) is 0 Å². The van der Waals surface area contributed by atoms with Crippen molar-refractivity contribution in [3.05, 3.63) is 56.9 Å². The topological polar surface area (TPSA) is 39.2 Å². The number of thiophene rings is 1. The van der Waals surface area contributed by atoms with Crippen LogP contribution in [0.3, 0.4) is 0 Å². The molecule has 4 heteroatoms. The van der Waals surface area contributed by atoms with Crippen LogP contribution in [-0.4, -0.2) is 0 Å². The van der Waals surface area contributed by atoms with Crippen molar-refractivity contribution < 1.29 is 4.42 Å². The Hall–Kier alpha value is -1.10. The Morgan fingerprint density at radius 1 is 1.24 bits per heavy atom. The first-order chi connectivity index (χ1) is 8.24. The molecule has 0 saturated carbocycles. The standard InChI is InChI=1S/C13H10BrNOS/c14-12-6-9(7-17-12)13(15)11-5-8-3-1-2-4-10(8)16-11/h1-7,13H,15H2. The lowest BCUT2D eigenvalue weighted by molar-refractivity contribution is 0.525. The van der Waals surface area contributed by atoms with Crippen LogP contribution in [0.4, 0.5) is 0 Å². The zero-order chi connectivity index (χ0) is 11.8. The molecule has 0 bridgehead atoms. The Morgan fingerprint density at radius 2 is 2.06 bits per heavy atom. The van der Waals surface area contributed by atoms with E-state index in [0.717, 1.165) is 26.1 Å². The van der Waals surface area contributed by atoms with Crippen LogP contribution in [0.5, 0.6) is 0 Å². The highest BCUT2D eigenvalue weighted by molar-refractivity contribution is 9.11. The summed E-state index contributed by atoms with van der Waals surface area (Å²) in [5.74, 6) is 0.802. The molecule has 2 nitrogen and oxygen atoms in total. The Balaban J connectivity index is 2.03. The number of nitrogens with two attached hydrogens (primary N) is 1. The fourth-order valence-corrected chi connectivity index (χ4v) is 3.02. The molecule has 0 aliphatic heterocycles. The van der Waals surface area contributed by atoms with E-state index < -0.39 is 0 Å². The molecule has 2 heterocycles. The molecular weight excluding hydrogens is 298 g/mol. The van der Waals surface area contributed by atoms with Gasteiger partial charge in [-0.25, -0.2) is 0 Å². The van der Waals surface area contributed by atoms with Gasteiger partial charge in [-0.1, -0.05) is 18.2 Å². The summed E-state index contributed by atoms with van der Waals surface area (Å²) in [4.78, 5) is 0. The highest BCUT2D eigenvalue weighted by Crippen LogP contribution is 2.30. The minimum atomic E-state index is -0.204. The van der Waals surface area contributed by atoms with Gasteiger partial charge in [-0.2, -0.15) is 0 Å². The third-order valence-electron chi connectivity index (χ3n) is 2.70. The molecule has 0 aliphatic rings. The van der Waals surface area contributed by atoms with Crippen molar-refractivity contribution in [3.8, 4) is 0 Å². The van der Waals surface area contributed by atoms with E-state index in [1.807, 2.05) is 41.8 Å². The lowest BCUT2D eigenvalue weighted by Crippen LogP contribution is -2.09. The predicted octanol–water partition coefficient (Wildman–Crippen LogP) is 4.30. The second-order valence-electron chi connectivity index (χ2n) is 3.85. The van der Waals surface area contributed by atoms with Crippen molar-refractivity contribution in [2.24, 2.45) is 5.73 Å². The van der Waals surface area contributed by atoms with Gasteiger partial charge < -0.3 is 10.2 Å². The Morgan fingerprint density at radius 3 is 2.76 bits per heavy atom. The van der Waals surface area contributed by atoms with Crippen LogP contribution in [0.25, 0.3) is 11.0 Å². The first-order valence-corrected chi connectivity index (χ1v) is 6.89. The van der Waals surface area contributed by atoms with Crippen molar-refractivity contribution in [2.75, 3.05) is 0 Å². The first-order valence-electron chi connectivity index (χ1n) is 5.22. The second-order valence-corrected chi connectivity index (χ2v) is 6.14.